The van der Waals surface area contributed by atoms with Gasteiger partial charge < -0.3 is 19.0 Å². The van der Waals surface area contributed by atoms with Crippen LogP contribution in [-0.2, 0) is 14.3 Å². The summed E-state index contributed by atoms with van der Waals surface area (Å²) >= 11 is 0.937. The lowest BCUT2D eigenvalue weighted by Gasteiger charge is -2.23. The number of carbonyl (C=O) groups excluding carboxylic acids is 3. The number of nitrogens with zero attached hydrogens (tertiary/aromatic N) is 4. The molecule has 5 rings (SSSR count). The highest BCUT2D eigenvalue weighted by molar-refractivity contribution is 7.17. The third-order valence-corrected chi connectivity index (χ3v) is 8.07. The molecule has 216 valence electrons. The van der Waals surface area contributed by atoms with Crippen LogP contribution in [0.25, 0.3) is 11.4 Å². The van der Waals surface area contributed by atoms with Gasteiger partial charge in [-0.3, -0.25) is 14.5 Å². The minimum Gasteiger partial charge on any atom is -0.505 e. The largest absolute Gasteiger partial charge is 0.505 e. The minimum absolute atomic E-state index is 0.0142. The van der Waals surface area contributed by atoms with Gasteiger partial charge in [0.15, 0.2) is 10.9 Å². The highest BCUT2D eigenvalue weighted by Gasteiger charge is 2.49. The predicted octanol–water partition coefficient (Wildman–Crippen LogP) is 5.47. The van der Waals surface area contributed by atoms with E-state index in [0.717, 1.165) is 23.3 Å². The first-order valence-electron chi connectivity index (χ1n) is 13.4. The number of ether oxygens (including phenoxy) is 2. The van der Waals surface area contributed by atoms with Crippen LogP contribution in [0.4, 0.5) is 5.13 Å². The van der Waals surface area contributed by atoms with Crippen molar-refractivity contribution in [2.75, 3.05) is 18.1 Å². The number of imidazole rings is 1. The molecule has 1 unspecified atom stereocenters. The highest BCUT2D eigenvalue weighted by atomic mass is 32.1. The zero-order valence-electron chi connectivity index (χ0n) is 23.7. The number of fused-ring (bicyclic) bond motifs is 1. The first kappa shape index (κ1) is 28.7. The topological polar surface area (TPSA) is 123 Å². The standard InChI is InChI=1S/C31H30N4O6S/c1-6-15-40-21-12-10-20(11-13-21)24-22(25(36)23-19(5)34-14-8-9-17(3)28(34)33-23)26(37)29(38)35(24)31-32-18(4)27(42-31)30(39)41-16-7-2/h7-14,24,36H,2,6,15-16H2,1,3-5H3/b25-22+. The molecular weight excluding hydrogens is 556 g/mol. The Morgan fingerprint density at radius 3 is 2.55 bits per heavy atom. The van der Waals surface area contributed by atoms with Gasteiger partial charge >= 0.3 is 11.9 Å². The third kappa shape index (κ3) is 4.96. The number of aliphatic hydroxyl groups excluding tert-OH is 1. The van der Waals surface area contributed by atoms with Gasteiger partial charge in [-0.1, -0.05) is 49.1 Å². The Bertz CT molecular complexity index is 1750. The van der Waals surface area contributed by atoms with Gasteiger partial charge in [-0.25, -0.2) is 14.8 Å². The molecule has 1 amide bonds. The fourth-order valence-electron chi connectivity index (χ4n) is 4.86. The summed E-state index contributed by atoms with van der Waals surface area (Å²) in [7, 11) is 0. The third-order valence-electron chi connectivity index (χ3n) is 6.93. The summed E-state index contributed by atoms with van der Waals surface area (Å²) in [5, 5.41) is 11.8. The van der Waals surface area contributed by atoms with Crippen LogP contribution >= 0.6 is 11.3 Å². The van der Waals surface area contributed by atoms with Crippen LogP contribution < -0.4 is 9.64 Å². The number of thiazole rings is 1. The molecule has 0 spiro atoms. The SMILES string of the molecule is C=CCOC(=O)c1sc(N2C(=O)C(=O)/C(=C(/O)c3nc4c(C)cccn4c3C)C2c2ccc(OCCC)cc2)nc1C. The zero-order chi connectivity index (χ0) is 30.1. The molecule has 10 nitrogen and oxygen atoms in total. The number of aliphatic hydroxyl groups is 1. The molecule has 3 aromatic heterocycles. The van der Waals surface area contributed by atoms with Crippen molar-refractivity contribution in [3.8, 4) is 5.75 Å². The molecule has 4 aromatic rings. The molecule has 11 heteroatoms. The first-order valence-corrected chi connectivity index (χ1v) is 14.2. The van der Waals surface area contributed by atoms with E-state index in [1.807, 2.05) is 36.6 Å². The Balaban J connectivity index is 1.68. The number of benzene rings is 1. The van der Waals surface area contributed by atoms with E-state index in [4.69, 9.17) is 9.47 Å². The van der Waals surface area contributed by atoms with E-state index in [9.17, 15) is 19.5 Å². The summed E-state index contributed by atoms with van der Waals surface area (Å²) in [5.74, 6) is -2.16. The van der Waals surface area contributed by atoms with Crippen molar-refractivity contribution in [1.82, 2.24) is 14.4 Å². The van der Waals surface area contributed by atoms with Gasteiger partial charge in [0.2, 0.25) is 0 Å². The number of hydrogen-bond donors (Lipinski definition) is 1. The number of Topliss-reactive ketones (excluding diaryl/α,β-unsaturated/α-hetero) is 1. The van der Waals surface area contributed by atoms with Gasteiger partial charge in [-0.2, -0.15) is 0 Å². The van der Waals surface area contributed by atoms with Crippen molar-refractivity contribution in [3.05, 3.63) is 93.9 Å². The average molecular weight is 587 g/mol. The summed E-state index contributed by atoms with van der Waals surface area (Å²) in [6, 6.07) is 9.69. The monoisotopic (exact) mass is 586 g/mol. The second kappa shape index (κ2) is 11.6. The number of amides is 1. The molecule has 1 N–H and O–H groups in total. The number of aryl methyl sites for hydroxylation is 3. The summed E-state index contributed by atoms with van der Waals surface area (Å²) in [6.45, 7) is 11.4. The second-order valence-corrected chi connectivity index (χ2v) is 10.8. The van der Waals surface area contributed by atoms with Crippen LogP contribution in [-0.4, -0.2) is 50.3 Å². The van der Waals surface area contributed by atoms with Crippen LogP contribution in [0.5, 0.6) is 5.75 Å². The van der Waals surface area contributed by atoms with Crippen molar-refractivity contribution in [3.63, 3.8) is 0 Å². The molecule has 0 saturated carbocycles. The number of carbonyl (C=O) groups is 3. The molecule has 1 aromatic carbocycles. The molecule has 1 fully saturated rings. The van der Waals surface area contributed by atoms with Crippen LogP contribution in [0.1, 0.15) is 57.3 Å². The number of rotatable bonds is 9. The van der Waals surface area contributed by atoms with Crippen molar-refractivity contribution < 1.29 is 29.0 Å². The van der Waals surface area contributed by atoms with E-state index < -0.39 is 29.5 Å². The van der Waals surface area contributed by atoms with Crippen molar-refractivity contribution in [1.29, 1.82) is 0 Å². The Morgan fingerprint density at radius 2 is 1.88 bits per heavy atom. The molecule has 0 bridgehead atoms. The van der Waals surface area contributed by atoms with Crippen LogP contribution in [0, 0.1) is 20.8 Å². The highest BCUT2D eigenvalue weighted by Crippen LogP contribution is 2.44. The van der Waals surface area contributed by atoms with E-state index in [0.29, 0.717) is 35.0 Å². The number of esters is 1. The summed E-state index contributed by atoms with van der Waals surface area (Å²) < 4.78 is 12.7. The average Bonchev–Trinajstić information content (AvgIpc) is 3.62. The maximum Gasteiger partial charge on any atom is 0.350 e. The van der Waals surface area contributed by atoms with Crippen LogP contribution in [0.3, 0.4) is 0 Å². The number of aromatic nitrogens is 3. The van der Waals surface area contributed by atoms with E-state index in [1.165, 1.54) is 11.0 Å². The van der Waals surface area contributed by atoms with E-state index in [2.05, 4.69) is 16.5 Å². The van der Waals surface area contributed by atoms with Crippen molar-refractivity contribution >= 4 is 45.5 Å². The summed E-state index contributed by atoms with van der Waals surface area (Å²) in [5.41, 5.74) is 3.07. The lowest BCUT2D eigenvalue weighted by atomic mass is 9.96. The molecule has 1 aliphatic rings. The van der Waals surface area contributed by atoms with Gasteiger partial charge in [0.1, 0.15) is 28.6 Å². The predicted molar refractivity (Wildman–Crippen MR) is 159 cm³/mol. The zero-order valence-corrected chi connectivity index (χ0v) is 24.5. The number of ketones is 1. The maximum atomic E-state index is 13.7. The Hall–Kier alpha value is -4.77. The summed E-state index contributed by atoms with van der Waals surface area (Å²) in [6.07, 6.45) is 4.10. The quantitative estimate of drug-likeness (QED) is 0.0900. The second-order valence-electron chi connectivity index (χ2n) is 9.82. The summed E-state index contributed by atoms with van der Waals surface area (Å²) in [4.78, 5) is 50.4. The van der Waals surface area contributed by atoms with Crippen LogP contribution in [0.2, 0.25) is 0 Å². The van der Waals surface area contributed by atoms with E-state index >= 15 is 0 Å². The fraction of sp³-hybridized carbons (Fsp3) is 0.258. The van der Waals surface area contributed by atoms with Gasteiger partial charge in [0.05, 0.1) is 29.6 Å². The van der Waals surface area contributed by atoms with Gasteiger partial charge in [0, 0.05) is 6.20 Å². The molecule has 0 radical (unpaired) electrons. The Labute approximate surface area is 246 Å². The minimum atomic E-state index is -1.04. The number of hydrogen-bond acceptors (Lipinski definition) is 9. The van der Waals surface area contributed by atoms with Gasteiger partial charge in [0.25, 0.3) is 5.78 Å². The molecule has 1 aliphatic heterocycles. The van der Waals surface area contributed by atoms with Crippen LogP contribution in [0.15, 0.2) is 60.8 Å². The fourth-order valence-corrected chi connectivity index (χ4v) is 5.85. The molecule has 1 atom stereocenters. The molecule has 1 saturated heterocycles. The number of pyridine rings is 1. The van der Waals surface area contributed by atoms with Crippen molar-refractivity contribution in [2.24, 2.45) is 0 Å². The Kier molecular flexibility index (Phi) is 7.95. The Morgan fingerprint density at radius 1 is 1.14 bits per heavy atom. The molecular formula is C31H30N4O6S. The maximum absolute atomic E-state index is 13.7. The lowest BCUT2D eigenvalue weighted by molar-refractivity contribution is -0.132. The van der Waals surface area contributed by atoms with Gasteiger partial charge in [-0.05, 0) is 56.5 Å². The molecule has 42 heavy (non-hydrogen) atoms. The van der Waals surface area contributed by atoms with E-state index in [1.54, 1.807) is 38.1 Å². The molecule has 0 aliphatic carbocycles. The normalized spacial score (nSPS) is 16.3. The molecule has 4 heterocycles. The smallest absolute Gasteiger partial charge is 0.350 e. The lowest BCUT2D eigenvalue weighted by Crippen LogP contribution is -2.29. The number of anilines is 1. The first-order chi connectivity index (χ1) is 20.2. The van der Waals surface area contributed by atoms with Gasteiger partial charge in [-0.15, -0.1) is 0 Å². The van der Waals surface area contributed by atoms with E-state index in [-0.39, 0.29) is 27.9 Å². The van der Waals surface area contributed by atoms with Crippen molar-refractivity contribution in [2.45, 2.75) is 40.2 Å².